The highest BCUT2D eigenvalue weighted by Crippen LogP contribution is 2.45. The zero-order valence-electron chi connectivity index (χ0n) is 20.1. The zero-order chi connectivity index (χ0) is 23.1. The van der Waals surface area contributed by atoms with Gasteiger partial charge in [0, 0.05) is 43.1 Å². The van der Waals surface area contributed by atoms with E-state index in [-0.39, 0.29) is 0 Å². The molecule has 176 valence electrons. The van der Waals surface area contributed by atoms with Crippen LogP contribution < -0.4 is 0 Å². The van der Waals surface area contributed by atoms with Crippen molar-refractivity contribution in [1.82, 2.24) is 9.88 Å². The Balaban J connectivity index is 1.24. The van der Waals surface area contributed by atoms with Gasteiger partial charge in [0.05, 0.1) is 5.41 Å². The third kappa shape index (κ3) is 3.73. The molecule has 34 heavy (non-hydrogen) atoms. The first-order chi connectivity index (χ1) is 16.6. The van der Waals surface area contributed by atoms with Crippen molar-refractivity contribution in [1.29, 1.82) is 0 Å². The second-order valence-corrected chi connectivity index (χ2v) is 10.7. The summed E-state index contributed by atoms with van der Waals surface area (Å²) in [6, 6.07) is 18.0. The highest BCUT2D eigenvalue weighted by Gasteiger charge is 2.51. The number of pyridine rings is 1. The van der Waals surface area contributed by atoms with E-state index in [1.165, 1.54) is 27.5 Å². The van der Waals surface area contributed by atoms with Crippen molar-refractivity contribution in [2.75, 3.05) is 13.2 Å². The van der Waals surface area contributed by atoms with Crippen molar-refractivity contribution in [3.05, 3.63) is 77.6 Å². The van der Waals surface area contributed by atoms with E-state index in [4.69, 9.17) is 4.74 Å². The van der Waals surface area contributed by atoms with E-state index in [0.29, 0.717) is 37.1 Å². The minimum atomic E-state index is -0.431. The summed E-state index contributed by atoms with van der Waals surface area (Å²) >= 11 is 0. The van der Waals surface area contributed by atoms with Crippen molar-refractivity contribution in [3.63, 3.8) is 0 Å². The van der Waals surface area contributed by atoms with Crippen LogP contribution >= 0.6 is 0 Å². The summed E-state index contributed by atoms with van der Waals surface area (Å²) in [4.78, 5) is 21.2. The lowest BCUT2D eigenvalue weighted by Crippen LogP contribution is -2.56. The Morgan fingerprint density at radius 3 is 2.44 bits per heavy atom. The van der Waals surface area contributed by atoms with Crippen LogP contribution in [0.1, 0.15) is 55.2 Å². The lowest BCUT2D eigenvalue weighted by atomic mass is 9.71. The number of fused-ring (bicyclic) bond motifs is 3. The zero-order valence-corrected chi connectivity index (χ0v) is 20.1. The molecule has 2 bridgehead atoms. The van der Waals surface area contributed by atoms with Gasteiger partial charge in [-0.05, 0) is 74.3 Å². The van der Waals surface area contributed by atoms with Crippen molar-refractivity contribution >= 4 is 16.7 Å². The average molecular weight is 455 g/mol. The second-order valence-electron chi connectivity index (χ2n) is 10.7. The van der Waals surface area contributed by atoms with Gasteiger partial charge in [0.1, 0.15) is 0 Å². The van der Waals surface area contributed by atoms with Crippen LogP contribution in [-0.2, 0) is 21.4 Å². The van der Waals surface area contributed by atoms with Crippen LogP contribution in [0.2, 0.25) is 0 Å². The number of aromatic nitrogens is 1. The van der Waals surface area contributed by atoms with Gasteiger partial charge in [-0.2, -0.15) is 0 Å². The molecule has 3 aromatic rings. The monoisotopic (exact) mass is 454 g/mol. The van der Waals surface area contributed by atoms with Gasteiger partial charge in [-0.1, -0.05) is 54.1 Å². The van der Waals surface area contributed by atoms with Crippen LogP contribution in [-0.4, -0.2) is 41.1 Å². The molecule has 0 spiro atoms. The summed E-state index contributed by atoms with van der Waals surface area (Å²) < 4.78 is 5.72. The Morgan fingerprint density at radius 1 is 1.00 bits per heavy atom. The molecule has 0 unspecified atom stereocenters. The lowest BCUT2D eigenvalue weighted by molar-refractivity contribution is -0.146. The van der Waals surface area contributed by atoms with Gasteiger partial charge in [0.15, 0.2) is 0 Å². The van der Waals surface area contributed by atoms with E-state index >= 15 is 0 Å². The number of aryl methyl sites for hydroxylation is 1. The third-order valence-electron chi connectivity index (χ3n) is 8.68. The van der Waals surface area contributed by atoms with Gasteiger partial charge in [-0.25, -0.2) is 0 Å². The van der Waals surface area contributed by atoms with Crippen LogP contribution in [0.4, 0.5) is 0 Å². The molecule has 4 nitrogen and oxygen atoms in total. The average Bonchev–Trinajstić information content (AvgIpc) is 3.14. The molecule has 2 atom stereocenters. The fourth-order valence-corrected chi connectivity index (χ4v) is 6.91. The highest BCUT2D eigenvalue weighted by atomic mass is 16.5. The maximum Gasteiger partial charge on any atom is 0.233 e. The Labute approximate surface area is 202 Å². The molecule has 3 aliphatic rings. The predicted octanol–water partition coefficient (Wildman–Crippen LogP) is 5.60. The topological polar surface area (TPSA) is 42.4 Å². The van der Waals surface area contributed by atoms with Crippen LogP contribution in [0.25, 0.3) is 10.8 Å². The normalized spacial score (nSPS) is 26.0. The Bertz CT molecular complexity index is 1160. The Morgan fingerprint density at radius 2 is 1.71 bits per heavy atom. The molecule has 4 heterocycles. The number of piperidine rings is 1. The van der Waals surface area contributed by atoms with Crippen molar-refractivity contribution in [2.24, 2.45) is 5.92 Å². The van der Waals surface area contributed by atoms with Crippen LogP contribution in [0.5, 0.6) is 0 Å². The molecule has 3 aliphatic heterocycles. The van der Waals surface area contributed by atoms with E-state index in [2.05, 4.69) is 71.5 Å². The van der Waals surface area contributed by atoms with Crippen LogP contribution in [0.15, 0.2) is 60.9 Å². The van der Waals surface area contributed by atoms with E-state index < -0.39 is 5.41 Å². The van der Waals surface area contributed by atoms with Gasteiger partial charge >= 0.3 is 0 Å². The summed E-state index contributed by atoms with van der Waals surface area (Å²) in [6.07, 6.45) is 11.1. The first kappa shape index (κ1) is 21.8. The number of ether oxygens (including phenoxy) is 1. The minimum Gasteiger partial charge on any atom is -0.381 e. The smallest absolute Gasteiger partial charge is 0.233 e. The maximum absolute atomic E-state index is 14.3. The lowest BCUT2D eigenvalue weighted by Gasteiger charge is -2.46. The molecular weight excluding hydrogens is 420 g/mol. The van der Waals surface area contributed by atoms with Gasteiger partial charge in [-0.3, -0.25) is 9.78 Å². The highest BCUT2D eigenvalue weighted by molar-refractivity contribution is 5.89. The number of hydrogen-bond acceptors (Lipinski definition) is 3. The summed E-state index contributed by atoms with van der Waals surface area (Å²) in [5, 5.41) is 2.54. The van der Waals surface area contributed by atoms with Crippen molar-refractivity contribution in [3.8, 4) is 0 Å². The molecule has 0 N–H and O–H groups in total. The first-order valence-corrected chi connectivity index (χ1v) is 12.9. The number of amides is 1. The van der Waals surface area contributed by atoms with Gasteiger partial charge in [-0.15, -0.1) is 0 Å². The molecule has 4 heteroatoms. The van der Waals surface area contributed by atoms with Gasteiger partial charge in [0.2, 0.25) is 5.91 Å². The SMILES string of the molecule is Cc1ccc(C2(C(=O)N3[C@H]4CC[C@H]3CC(Cc3cncc5ccccc35)C4)CCOCC2)cc1. The summed E-state index contributed by atoms with van der Waals surface area (Å²) in [5.74, 6) is 0.969. The molecule has 0 saturated carbocycles. The van der Waals surface area contributed by atoms with Gasteiger partial charge in [0.25, 0.3) is 0 Å². The van der Waals surface area contributed by atoms with Crippen LogP contribution in [0.3, 0.4) is 0 Å². The number of rotatable bonds is 4. The van der Waals surface area contributed by atoms with E-state index in [1.807, 2.05) is 6.20 Å². The second kappa shape index (κ2) is 8.81. The molecule has 1 amide bonds. The summed E-state index contributed by atoms with van der Waals surface area (Å²) in [7, 11) is 0. The summed E-state index contributed by atoms with van der Waals surface area (Å²) in [6.45, 7) is 3.44. The fourth-order valence-electron chi connectivity index (χ4n) is 6.91. The molecule has 0 aliphatic carbocycles. The van der Waals surface area contributed by atoms with Crippen molar-refractivity contribution in [2.45, 2.75) is 69.4 Å². The molecule has 3 fully saturated rings. The Hall–Kier alpha value is -2.72. The van der Waals surface area contributed by atoms with E-state index in [1.54, 1.807) is 0 Å². The van der Waals surface area contributed by atoms with Crippen LogP contribution in [0, 0.1) is 12.8 Å². The molecule has 6 rings (SSSR count). The molecule has 2 aromatic carbocycles. The molecular formula is C30H34N2O2. The quantitative estimate of drug-likeness (QED) is 0.515. The number of nitrogens with zero attached hydrogens (tertiary/aromatic N) is 2. The Kier molecular flexibility index (Phi) is 5.65. The standard InChI is InChI=1S/C30H34N2O2/c1-21-6-8-25(9-7-21)30(12-14-34-15-13-30)29(33)32-26-10-11-27(32)18-22(17-26)16-24-20-31-19-23-4-2-3-5-28(23)24/h2-9,19-20,22,26-27H,10-18H2,1H3/t26-,27-/m0/s1. The maximum atomic E-state index is 14.3. The molecule has 3 saturated heterocycles. The minimum absolute atomic E-state index is 0.359. The summed E-state index contributed by atoms with van der Waals surface area (Å²) in [5.41, 5.74) is 3.33. The number of hydrogen-bond donors (Lipinski definition) is 0. The largest absolute Gasteiger partial charge is 0.381 e. The first-order valence-electron chi connectivity index (χ1n) is 12.9. The molecule has 1 aromatic heterocycles. The van der Waals surface area contributed by atoms with Crippen molar-refractivity contribution < 1.29 is 9.53 Å². The predicted molar refractivity (Wildman–Crippen MR) is 135 cm³/mol. The number of carbonyl (C=O) groups is 1. The van der Waals surface area contributed by atoms with E-state index in [9.17, 15) is 4.79 Å². The fraction of sp³-hybridized carbons (Fsp3) is 0.467. The molecule has 0 radical (unpaired) electrons. The van der Waals surface area contributed by atoms with Gasteiger partial charge < -0.3 is 9.64 Å². The van der Waals surface area contributed by atoms with E-state index in [0.717, 1.165) is 44.9 Å². The number of benzene rings is 2. The third-order valence-corrected chi connectivity index (χ3v) is 8.68. The number of carbonyl (C=O) groups excluding carboxylic acids is 1.